The fourth-order valence-corrected chi connectivity index (χ4v) is 3.27. The van der Waals surface area contributed by atoms with Gasteiger partial charge in [-0.05, 0) is 54.9 Å². The van der Waals surface area contributed by atoms with E-state index in [0.29, 0.717) is 24.6 Å². The average molecular weight is 365 g/mol. The van der Waals surface area contributed by atoms with Crippen LogP contribution in [0.15, 0.2) is 42.1 Å². The number of rotatable bonds is 5. The Morgan fingerprint density at radius 1 is 1.23 bits per heavy atom. The number of hydrogen-bond donors (Lipinski definition) is 3. The van der Waals surface area contributed by atoms with Crippen molar-refractivity contribution >= 4 is 11.5 Å². The Morgan fingerprint density at radius 3 is 2.58 bits per heavy atom. The van der Waals surface area contributed by atoms with Crippen LogP contribution in [0.4, 0.5) is 13.2 Å². The number of hydrogen-bond acceptors (Lipinski definition) is 3. The molecule has 0 fully saturated rings. The van der Waals surface area contributed by atoms with E-state index in [2.05, 4.69) is 22.2 Å². The molecule has 1 atom stereocenters. The van der Waals surface area contributed by atoms with Gasteiger partial charge in [-0.2, -0.15) is 13.2 Å². The number of benzene rings is 1. The van der Waals surface area contributed by atoms with Gasteiger partial charge < -0.3 is 10.7 Å². The predicted octanol–water partition coefficient (Wildman–Crippen LogP) is 3.39. The maximum absolute atomic E-state index is 12.6. The van der Waals surface area contributed by atoms with Crippen LogP contribution in [0.25, 0.3) is 5.57 Å². The van der Waals surface area contributed by atoms with Crippen LogP contribution >= 0.6 is 0 Å². The van der Waals surface area contributed by atoms with Crippen molar-refractivity contribution < 1.29 is 18.0 Å². The summed E-state index contributed by atoms with van der Waals surface area (Å²) >= 11 is 0. The van der Waals surface area contributed by atoms with Gasteiger partial charge in [-0.15, -0.1) is 0 Å². The maximum Gasteiger partial charge on any atom is 0.416 e. The zero-order valence-corrected chi connectivity index (χ0v) is 14.3. The monoisotopic (exact) mass is 365 g/mol. The summed E-state index contributed by atoms with van der Waals surface area (Å²) in [4.78, 5) is 11.9. The molecule has 3 N–H and O–H groups in total. The Hall–Kier alpha value is -2.28. The van der Waals surface area contributed by atoms with Crippen LogP contribution in [-0.2, 0) is 11.0 Å². The number of halogens is 3. The lowest BCUT2D eigenvalue weighted by Gasteiger charge is -2.22. The molecule has 0 saturated heterocycles. The van der Waals surface area contributed by atoms with Crippen LogP contribution in [0.2, 0.25) is 0 Å². The van der Waals surface area contributed by atoms with E-state index in [9.17, 15) is 18.0 Å². The van der Waals surface area contributed by atoms with E-state index in [1.807, 2.05) is 0 Å². The van der Waals surface area contributed by atoms with E-state index < -0.39 is 11.7 Å². The van der Waals surface area contributed by atoms with Gasteiger partial charge in [0.05, 0.1) is 5.56 Å². The van der Waals surface area contributed by atoms with Gasteiger partial charge in [0.2, 0.25) is 5.91 Å². The van der Waals surface area contributed by atoms with Gasteiger partial charge in [0.25, 0.3) is 0 Å². The molecule has 4 nitrogen and oxygen atoms in total. The highest BCUT2D eigenvalue weighted by Gasteiger charge is 2.30. The number of amides is 1. The molecule has 1 aromatic rings. The largest absolute Gasteiger partial charge is 0.416 e. The molecule has 3 rings (SSSR count). The number of allylic oxidation sites excluding steroid dienone is 2. The highest BCUT2D eigenvalue weighted by atomic mass is 19.4. The third-order valence-corrected chi connectivity index (χ3v) is 4.86. The summed E-state index contributed by atoms with van der Waals surface area (Å²) in [6.45, 7) is 1.15. The van der Waals surface area contributed by atoms with E-state index in [0.717, 1.165) is 49.0 Å². The zero-order valence-electron chi connectivity index (χ0n) is 14.3. The molecule has 7 heteroatoms. The molecule has 0 bridgehead atoms. The zero-order chi connectivity index (χ0) is 18.6. The minimum absolute atomic E-state index is 0.0562. The molecular weight excluding hydrogens is 343 g/mol. The average Bonchev–Trinajstić information content (AvgIpc) is 3.16. The molecule has 1 aromatic carbocycles. The van der Waals surface area contributed by atoms with Gasteiger partial charge in [-0.25, -0.2) is 5.43 Å². The lowest BCUT2D eigenvalue weighted by Crippen LogP contribution is -2.29. The molecule has 0 radical (unpaired) electrons. The van der Waals surface area contributed by atoms with Crippen LogP contribution in [-0.4, -0.2) is 19.0 Å². The fourth-order valence-electron chi connectivity index (χ4n) is 3.27. The molecule has 1 amide bonds. The Kier molecular flexibility index (Phi) is 5.66. The molecule has 1 aliphatic heterocycles. The van der Waals surface area contributed by atoms with Crippen LogP contribution in [0.3, 0.4) is 0 Å². The smallest absolute Gasteiger partial charge is 0.352 e. The van der Waals surface area contributed by atoms with E-state index in [1.54, 1.807) is 18.3 Å². The Labute approximate surface area is 150 Å². The molecule has 0 aromatic heterocycles. The molecule has 0 saturated carbocycles. The lowest BCUT2D eigenvalue weighted by molar-refractivity contribution is -0.137. The number of hydrazine groups is 1. The summed E-state index contributed by atoms with van der Waals surface area (Å²) in [5.41, 5.74) is 7.67. The standard InChI is InChI=1S/C19H22F3N3O/c20-19(21,22)17-7-5-15(6-8-17)14-3-1-13(2-4-14)9-10-23-18(26)16-11-24-25-12-16/h3,5-8,11,13,24-25H,1-2,4,9-10,12H2,(H,23,26). The quantitative estimate of drug-likeness (QED) is 0.750. The molecular formula is C19H22F3N3O. The molecule has 26 heavy (non-hydrogen) atoms. The van der Waals surface area contributed by atoms with Gasteiger partial charge >= 0.3 is 6.18 Å². The first-order valence-corrected chi connectivity index (χ1v) is 8.76. The summed E-state index contributed by atoms with van der Waals surface area (Å²) < 4.78 is 37.9. The normalized spacial score (nSPS) is 20.2. The minimum atomic E-state index is -4.30. The molecule has 2 aliphatic rings. The first-order chi connectivity index (χ1) is 12.4. The van der Waals surface area contributed by atoms with E-state index in [1.165, 1.54) is 0 Å². The molecule has 140 valence electrons. The van der Waals surface area contributed by atoms with Crippen molar-refractivity contribution in [3.8, 4) is 0 Å². The lowest BCUT2D eigenvalue weighted by atomic mass is 9.85. The topological polar surface area (TPSA) is 53.2 Å². The van der Waals surface area contributed by atoms with Gasteiger partial charge in [-0.1, -0.05) is 18.2 Å². The second-order valence-corrected chi connectivity index (χ2v) is 6.66. The Balaban J connectivity index is 1.46. The van der Waals surface area contributed by atoms with Crippen molar-refractivity contribution in [2.45, 2.75) is 31.9 Å². The second kappa shape index (κ2) is 7.95. The number of carbonyl (C=O) groups is 1. The molecule has 1 heterocycles. The molecule has 1 unspecified atom stereocenters. The van der Waals surface area contributed by atoms with Crippen molar-refractivity contribution in [3.05, 3.63) is 53.2 Å². The van der Waals surface area contributed by atoms with Crippen molar-refractivity contribution in [1.29, 1.82) is 0 Å². The van der Waals surface area contributed by atoms with Gasteiger partial charge in [-0.3, -0.25) is 4.79 Å². The number of carbonyl (C=O) groups excluding carboxylic acids is 1. The number of nitrogens with one attached hydrogen (secondary N) is 3. The predicted molar refractivity (Wildman–Crippen MR) is 93.6 cm³/mol. The Morgan fingerprint density at radius 2 is 2.00 bits per heavy atom. The van der Waals surface area contributed by atoms with Crippen LogP contribution in [0.1, 0.15) is 36.8 Å². The number of alkyl halides is 3. The second-order valence-electron chi connectivity index (χ2n) is 6.66. The van der Waals surface area contributed by atoms with Crippen LogP contribution < -0.4 is 16.2 Å². The maximum atomic E-state index is 12.6. The molecule has 0 spiro atoms. The first-order valence-electron chi connectivity index (χ1n) is 8.76. The minimum Gasteiger partial charge on any atom is -0.352 e. The third kappa shape index (κ3) is 4.66. The summed E-state index contributed by atoms with van der Waals surface area (Å²) in [7, 11) is 0. The summed E-state index contributed by atoms with van der Waals surface area (Å²) in [6.07, 6.45) is 3.10. The highest BCUT2D eigenvalue weighted by Crippen LogP contribution is 2.34. The molecule has 1 aliphatic carbocycles. The highest BCUT2D eigenvalue weighted by molar-refractivity contribution is 5.94. The Bertz CT molecular complexity index is 708. The van der Waals surface area contributed by atoms with Crippen LogP contribution in [0.5, 0.6) is 0 Å². The van der Waals surface area contributed by atoms with Crippen molar-refractivity contribution in [3.63, 3.8) is 0 Å². The van der Waals surface area contributed by atoms with E-state index >= 15 is 0 Å². The first kappa shape index (κ1) is 18.5. The summed E-state index contributed by atoms with van der Waals surface area (Å²) in [6, 6.07) is 5.37. The van der Waals surface area contributed by atoms with Gasteiger partial charge in [0, 0.05) is 24.9 Å². The van der Waals surface area contributed by atoms with Crippen molar-refractivity contribution in [2.75, 3.05) is 13.1 Å². The van der Waals surface area contributed by atoms with Crippen molar-refractivity contribution in [2.24, 2.45) is 5.92 Å². The SMILES string of the molecule is O=C(NCCC1CC=C(c2ccc(C(F)(F)F)cc2)CC1)C1=CNNC1. The third-order valence-electron chi connectivity index (χ3n) is 4.86. The van der Waals surface area contributed by atoms with E-state index in [4.69, 9.17) is 0 Å². The summed E-state index contributed by atoms with van der Waals surface area (Å²) in [5.74, 6) is 0.432. The van der Waals surface area contributed by atoms with Gasteiger partial charge in [0.1, 0.15) is 0 Å². The summed E-state index contributed by atoms with van der Waals surface area (Å²) in [5, 5.41) is 2.92. The van der Waals surface area contributed by atoms with Crippen molar-refractivity contribution in [1.82, 2.24) is 16.2 Å². The van der Waals surface area contributed by atoms with Gasteiger partial charge in [0.15, 0.2) is 0 Å². The van der Waals surface area contributed by atoms with Crippen LogP contribution in [0, 0.1) is 5.92 Å². The van der Waals surface area contributed by atoms with E-state index in [-0.39, 0.29) is 5.91 Å². The fraction of sp³-hybridized carbons (Fsp3) is 0.421.